The lowest BCUT2D eigenvalue weighted by Gasteiger charge is -2.38. The minimum absolute atomic E-state index is 0.0305. The maximum absolute atomic E-state index is 13.3. The van der Waals surface area contributed by atoms with Crippen LogP contribution >= 0.6 is 0 Å². The van der Waals surface area contributed by atoms with Gasteiger partial charge in [0.05, 0.1) is 18.2 Å². The van der Waals surface area contributed by atoms with Gasteiger partial charge in [0.1, 0.15) is 11.6 Å². The Labute approximate surface area is 175 Å². The average Bonchev–Trinajstić information content (AvgIpc) is 3.47. The standard InChI is InChI=1S/C24H27FN2O3/c25-20-7-5-19(6-8-20)21(22-4-3-15-30-22)9-12-26-23(28)18-24(10-16-29-17-11-24)27-13-1-2-14-27/h1-8,13-15,21H,9-12,16-18H2,(H,26,28)/t21-/m1/s1. The van der Waals surface area contributed by atoms with E-state index in [4.69, 9.17) is 9.15 Å². The van der Waals surface area contributed by atoms with E-state index in [-0.39, 0.29) is 23.2 Å². The first kappa shape index (κ1) is 20.4. The molecule has 4 rings (SSSR count). The number of nitrogens with zero attached hydrogens (tertiary/aromatic N) is 1. The predicted octanol–water partition coefficient (Wildman–Crippen LogP) is 4.45. The molecule has 3 aromatic rings. The second-order valence-electron chi connectivity index (χ2n) is 7.86. The molecule has 0 spiro atoms. The Morgan fingerprint density at radius 3 is 2.50 bits per heavy atom. The summed E-state index contributed by atoms with van der Waals surface area (Å²) in [6.07, 6.45) is 8.42. The van der Waals surface area contributed by atoms with Crippen molar-refractivity contribution in [2.24, 2.45) is 0 Å². The van der Waals surface area contributed by atoms with E-state index in [2.05, 4.69) is 9.88 Å². The maximum atomic E-state index is 13.3. The van der Waals surface area contributed by atoms with Gasteiger partial charge >= 0.3 is 0 Å². The van der Waals surface area contributed by atoms with Crippen molar-refractivity contribution in [1.29, 1.82) is 0 Å². The molecule has 158 valence electrons. The van der Waals surface area contributed by atoms with Gasteiger partial charge in [-0.2, -0.15) is 0 Å². The third kappa shape index (κ3) is 4.65. The lowest BCUT2D eigenvalue weighted by molar-refractivity contribution is -0.124. The van der Waals surface area contributed by atoms with Crippen molar-refractivity contribution in [3.63, 3.8) is 0 Å². The summed E-state index contributed by atoms with van der Waals surface area (Å²) in [4.78, 5) is 12.8. The first-order chi connectivity index (χ1) is 14.7. The molecule has 0 bridgehead atoms. The van der Waals surface area contributed by atoms with Crippen molar-refractivity contribution in [2.75, 3.05) is 19.8 Å². The minimum Gasteiger partial charge on any atom is -0.469 e. The van der Waals surface area contributed by atoms with Crippen LogP contribution in [-0.4, -0.2) is 30.2 Å². The number of aromatic nitrogens is 1. The summed E-state index contributed by atoms with van der Waals surface area (Å²) in [6.45, 7) is 1.84. The highest BCUT2D eigenvalue weighted by molar-refractivity contribution is 5.77. The number of nitrogens with one attached hydrogen (secondary N) is 1. The molecule has 1 N–H and O–H groups in total. The topological polar surface area (TPSA) is 56.4 Å². The number of carbonyl (C=O) groups excluding carboxylic acids is 1. The lowest BCUT2D eigenvalue weighted by atomic mass is 9.85. The Morgan fingerprint density at radius 2 is 1.83 bits per heavy atom. The largest absolute Gasteiger partial charge is 0.469 e. The molecule has 2 aromatic heterocycles. The van der Waals surface area contributed by atoms with Gasteiger partial charge in [-0.25, -0.2) is 4.39 Å². The summed E-state index contributed by atoms with van der Waals surface area (Å²) in [5.41, 5.74) is 0.734. The molecule has 0 radical (unpaired) electrons. The van der Waals surface area contributed by atoms with Crippen molar-refractivity contribution in [2.45, 2.75) is 37.1 Å². The van der Waals surface area contributed by atoms with Gasteiger partial charge < -0.3 is 19.0 Å². The van der Waals surface area contributed by atoms with Crippen LogP contribution in [0.25, 0.3) is 0 Å². The van der Waals surface area contributed by atoms with Crippen LogP contribution in [0.15, 0.2) is 71.6 Å². The highest BCUT2D eigenvalue weighted by atomic mass is 19.1. The van der Waals surface area contributed by atoms with Crippen LogP contribution in [0, 0.1) is 5.82 Å². The lowest BCUT2D eigenvalue weighted by Crippen LogP contribution is -2.43. The highest BCUT2D eigenvalue weighted by Crippen LogP contribution is 2.33. The van der Waals surface area contributed by atoms with Gasteiger partial charge in [-0.3, -0.25) is 4.79 Å². The molecule has 3 heterocycles. The van der Waals surface area contributed by atoms with Crippen LogP contribution in [0.4, 0.5) is 4.39 Å². The molecule has 0 aliphatic carbocycles. The van der Waals surface area contributed by atoms with E-state index < -0.39 is 0 Å². The number of halogens is 1. The fraction of sp³-hybridized carbons (Fsp3) is 0.375. The second-order valence-corrected chi connectivity index (χ2v) is 7.86. The summed E-state index contributed by atoms with van der Waals surface area (Å²) in [5, 5.41) is 3.08. The Bertz CT molecular complexity index is 914. The maximum Gasteiger partial charge on any atom is 0.222 e. The van der Waals surface area contributed by atoms with Gasteiger partial charge in [0, 0.05) is 38.1 Å². The van der Waals surface area contributed by atoms with Crippen molar-refractivity contribution in [3.8, 4) is 0 Å². The number of benzene rings is 1. The fourth-order valence-corrected chi connectivity index (χ4v) is 4.30. The zero-order valence-electron chi connectivity index (χ0n) is 16.9. The molecule has 1 amide bonds. The predicted molar refractivity (Wildman–Crippen MR) is 112 cm³/mol. The number of amides is 1. The van der Waals surface area contributed by atoms with E-state index in [1.54, 1.807) is 18.4 Å². The van der Waals surface area contributed by atoms with Gasteiger partial charge in [-0.15, -0.1) is 0 Å². The average molecular weight is 410 g/mol. The van der Waals surface area contributed by atoms with Gasteiger partial charge in [0.25, 0.3) is 0 Å². The SMILES string of the molecule is O=C(CC1(n2cccc2)CCOCC1)NCC[C@H](c1ccc(F)cc1)c1ccco1. The molecular weight excluding hydrogens is 383 g/mol. The van der Waals surface area contributed by atoms with Crippen molar-refractivity contribution in [1.82, 2.24) is 9.88 Å². The van der Waals surface area contributed by atoms with Gasteiger partial charge in [-0.05, 0) is 61.2 Å². The van der Waals surface area contributed by atoms with Crippen LogP contribution in [-0.2, 0) is 15.1 Å². The molecule has 30 heavy (non-hydrogen) atoms. The Morgan fingerprint density at radius 1 is 1.10 bits per heavy atom. The number of rotatable bonds is 8. The van der Waals surface area contributed by atoms with Crippen molar-refractivity contribution in [3.05, 3.63) is 84.3 Å². The van der Waals surface area contributed by atoms with Crippen LogP contribution in [0.2, 0.25) is 0 Å². The molecule has 0 saturated carbocycles. The fourth-order valence-electron chi connectivity index (χ4n) is 4.30. The monoisotopic (exact) mass is 410 g/mol. The molecule has 1 saturated heterocycles. The first-order valence-corrected chi connectivity index (χ1v) is 10.4. The Kier molecular flexibility index (Phi) is 6.33. The van der Waals surface area contributed by atoms with Crippen LogP contribution < -0.4 is 5.32 Å². The molecule has 6 heteroatoms. The summed E-state index contributed by atoms with van der Waals surface area (Å²) in [6, 6.07) is 14.2. The summed E-state index contributed by atoms with van der Waals surface area (Å²) in [7, 11) is 0. The van der Waals surface area contributed by atoms with Gasteiger partial charge in [-0.1, -0.05) is 12.1 Å². The van der Waals surface area contributed by atoms with Crippen molar-refractivity contribution < 1.29 is 18.3 Å². The highest BCUT2D eigenvalue weighted by Gasteiger charge is 2.36. The van der Waals surface area contributed by atoms with Crippen molar-refractivity contribution >= 4 is 5.91 Å². The molecule has 1 aliphatic heterocycles. The zero-order chi connectivity index (χ0) is 20.8. The molecule has 1 fully saturated rings. The smallest absolute Gasteiger partial charge is 0.222 e. The number of carbonyl (C=O) groups is 1. The van der Waals surface area contributed by atoms with Crippen LogP contribution in [0.5, 0.6) is 0 Å². The Hall–Kier alpha value is -2.86. The summed E-state index contributed by atoms with van der Waals surface area (Å²) in [5.74, 6) is 0.534. The minimum atomic E-state index is -0.267. The van der Waals surface area contributed by atoms with E-state index in [9.17, 15) is 9.18 Å². The first-order valence-electron chi connectivity index (χ1n) is 10.4. The summed E-state index contributed by atoms with van der Waals surface area (Å²) < 4.78 is 26.6. The van der Waals surface area contributed by atoms with Gasteiger partial charge in [0.2, 0.25) is 5.91 Å². The summed E-state index contributed by atoms with van der Waals surface area (Å²) >= 11 is 0. The zero-order valence-corrected chi connectivity index (χ0v) is 16.9. The molecule has 5 nitrogen and oxygen atoms in total. The molecule has 1 atom stereocenters. The number of ether oxygens (including phenoxy) is 1. The van der Waals surface area contributed by atoms with E-state index >= 15 is 0 Å². The Balaban J connectivity index is 1.39. The number of hydrogen-bond acceptors (Lipinski definition) is 3. The normalized spacial score (nSPS) is 16.8. The van der Waals surface area contributed by atoms with Gasteiger partial charge in [0.15, 0.2) is 0 Å². The van der Waals surface area contributed by atoms with E-state index in [1.807, 2.05) is 36.7 Å². The quantitative estimate of drug-likeness (QED) is 0.597. The number of hydrogen-bond donors (Lipinski definition) is 1. The third-order valence-electron chi connectivity index (χ3n) is 5.98. The number of furan rings is 1. The van der Waals surface area contributed by atoms with Crippen LogP contribution in [0.1, 0.15) is 42.9 Å². The third-order valence-corrected chi connectivity index (χ3v) is 5.98. The molecule has 1 aliphatic rings. The molecular formula is C24H27FN2O3. The molecule has 0 unspecified atom stereocenters. The van der Waals surface area contributed by atoms with E-state index in [0.29, 0.717) is 32.6 Å². The van der Waals surface area contributed by atoms with Crippen LogP contribution in [0.3, 0.4) is 0 Å². The van der Waals surface area contributed by atoms with E-state index in [1.165, 1.54) is 12.1 Å². The molecule has 1 aromatic carbocycles. The van der Waals surface area contributed by atoms with E-state index in [0.717, 1.165) is 24.2 Å². The second kappa shape index (κ2) is 9.30.